The fourth-order valence-corrected chi connectivity index (χ4v) is 5.70. The number of rotatable bonds is 4. The van der Waals surface area contributed by atoms with Crippen molar-refractivity contribution in [3.05, 3.63) is 97.6 Å². The van der Waals surface area contributed by atoms with E-state index in [0.717, 1.165) is 47.7 Å². The molecule has 6 heteroatoms. The average Bonchev–Trinajstić information content (AvgIpc) is 3.48. The van der Waals surface area contributed by atoms with Gasteiger partial charge in [0.25, 0.3) is 0 Å². The topological polar surface area (TPSA) is 60.1 Å². The Morgan fingerprint density at radius 1 is 1.10 bits per heavy atom. The smallest absolute Gasteiger partial charge is 0.205 e. The molecule has 0 amide bonds. The number of nitriles is 1. The van der Waals surface area contributed by atoms with E-state index in [1.807, 2.05) is 11.4 Å². The lowest BCUT2D eigenvalue weighted by atomic mass is 9.77. The third kappa shape index (κ3) is 4.00. The molecular formula is C25H21N3OS2. The quantitative estimate of drug-likeness (QED) is 0.547. The van der Waals surface area contributed by atoms with Crippen molar-refractivity contribution in [1.29, 1.82) is 10.7 Å². The van der Waals surface area contributed by atoms with E-state index < -0.39 is 5.92 Å². The second-order valence-electron chi connectivity index (χ2n) is 7.82. The van der Waals surface area contributed by atoms with Gasteiger partial charge in [-0.25, -0.2) is 0 Å². The first-order valence-electron chi connectivity index (χ1n) is 10.1. The molecule has 0 saturated heterocycles. The molecule has 4 heterocycles. The van der Waals surface area contributed by atoms with Gasteiger partial charge in [-0.05, 0) is 62.0 Å². The first-order valence-corrected chi connectivity index (χ1v) is 12.0. The van der Waals surface area contributed by atoms with Crippen molar-refractivity contribution in [2.45, 2.75) is 12.5 Å². The van der Waals surface area contributed by atoms with Crippen LogP contribution in [0.2, 0.25) is 0 Å². The Bertz CT molecular complexity index is 1170. The minimum atomic E-state index is -0.604. The van der Waals surface area contributed by atoms with Gasteiger partial charge < -0.3 is 4.74 Å². The second-order valence-corrected chi connectivity index (χ2v) is 9.38. The number of nitrogens with zero attached hydrogens (tertiary/aromatic N) is 2. The van der Waals surface area contributed by atoms with Crippen LogP contribution in [-0.2, 0) is 11.3 Å². The van der Waals surface area contributed by atoms with Gasteiger partial charge in [0.1, 0.15) is 11.7 Å². The Balaban J connectivity index is 1.60. The van der Waals surface area contributed by atoms with Crippen LogP contribution in [0.3, 0.4) is 0 Å². The van der Waals surface area contributed by atoms with Crippen LogP contribution in [0.4, 0.5) is 0 Å². The zero-order valence-electron chi connectivity index (χ0n) is 16.8. The van der Waals surface area contributed by atoms with Crippen LogP contribution in [0, 0.1) is 22.7 Å². The van der Waals surface area contributed by atoms with Crippen LogP contribution in [0.15, 0.2) is 80.9 Å². The maximum absolute atomic E-state index is 9.88. The van der Waals surface area contributed by atoms with Crippen LogP contribution in [-0.4, -0.2) is 23.9 Å². The highest BCUT2D eigenvalue weighted by atomic mass is 32.1. The van der Waals surface area contributed by atoms with Crippen LogP contribution in [0.25, 0.3) is 6.08 Å². The average molecular weight is 444 g/mol. The van der Waals surface area contributed by atoms with E-state index >= 15 is 0 Å². The molecule has 2 atom stereocenters. The molecule has 4 nitrogen and oxygen atoms in total. The lowest BCUT2D eigenvalue weighted by molar-refractivity contribution is 0.250. The third-order valence-electron chi connectivity index (χ3n) is 5.75. The maximum atomic E-state index is 9.88. The molecule has 154 valence electrons. The minimum Gasteiger partial charge on any atom is -0.442 e. The van der Waals surface area contributed by atoms with E-state index in [1.54, 1.807) is 22.7 Å². The number of thiophene rings is 2. The zero-order valence-corrected chi connectivity index (χ0v) is 18.5. The molecular weight excluding hydrogens is 422 g/mol. The molecule has 2 aromatic heterocycles. The van der Waals surface area contributed by atoms with Crippen molar-refractivity contribution in [3.63, 3.8) is 0 Å². The van der Waals surface area contributed by atoms with Crippen LogP contribution >= 0.6 is 22.7 Å². The van der Waals surface area contributed by atoms with Gasteiger partial charge in [-0.1, -0.05) is 30.3 Å². The molecule has 2 unspecified atom stereocenters. The van der Waals surface area contributed by atoms with Crippen molar-refractivity contribution in [3.8, 4) is 6.07 Å². The summed E-state index contributed by atoms with van der Waals surface area (Å²) in [5, 5.41) is 26.6. The molecule has 0 radical (unpaired) electrons. The van der Waals surface area contributed by atoms with E-state index in [0.29, 0.717) is 0 Å². The van der Waals surface area contributed by atoms with Crippen molar-refractivity contribution in [2.24, 2.45) is 5.92 Å². The van der Waals surface area contributed by atoms with Gasteiger partial charge in [0.2, 0.25) is 5.90 Å². The first kappa shape index (κ1) is 20.0. The lowest BCUT2D eigenvalue weighted by Crippen LogP contribution is -2.41. The van der Waals surface area contributed by atoms with Crippen LogP contribution in [0.1, 0.15) is 22.6 Å². The number of benzene rings is 1. The molecule has 1 N–H and O–H groups in total. The molecule has 0 aliphatic carbocycles. The minimum absolute atomic E-state index is 0.0465. The summed E-state index contributed by atoms with van der Waals surface area (Å²) in [7, 11) is 0. The van der Waals surface area contributed by atoms with Gasteiger partial charge >= 0.3 is 0 Å². The predicted molar refractivity (Wildman–Crippen MR) is 126 cm³/mol. The molecule has 0 spiro atoms. The Labute approximate surface area is 189 Å². The SMILES string of the molecule is N#CC1C(=N)OC2=C(CN(Cc3ccccc3)C/C2=C\c2ccsc2)C1c1ccsc1. The molecule has 2 aliphatic heterocycles. The summed E-state index contributed by atoms with van der Waals surface area (Å²) in [6.45, 7) is 2.28. The lowest BCUT2D eigenvalue weighted by Gasteiger charge is -2.40. The zero-order chi connectivity index (χ0) is 21.2. The third-order valence-corrected chi connectivity index (χ3v) is 7.15. The van der Waals surface area contributed by atoms with Crippen molar-refractivity contribution < 1.29 is 4.74 Å². The monoisotopic (exact) mass is 443 g/mol. The van der Waals surface area contributed by atoms with E-state index in [-0.39, 0.29) is 11.8 Å². The number of nitrogens with one attached hydrogen (secondary N) is 1. The summed E-state index contributed by atoms with van der Waals surface area (Å²) in [6, 6.07) is 17.0. The summed E-state index contributed by atoms with van der Waals surface area (Å²) in [5.41, 5.74) is 5.66. The Kier molecular flexibility index (Phi) is 5.56. The molecule has 5 rings (SSSR count). The number of hydrogen-bond donors (Lipinski definition) is 1. The van der Waals surface area contributed by atoms with Crippen molar-refractivity contribution in [2.75, 3.05) is 13.1 Å². The highest BCUT2D eigenvalue weighted by molar-refractivity contribution is 7.08. The fourth-order valence-electron chi connectivity index (χ4n) is 4.39. The molecule has 31 heavy (non-hydrogen) atoms. The molecule has 0 bridgehead atoms. The van der Waals surface area contributed by atoms with Gasteiger partial charge in [0, 0.05) is 31.1 Å². The Morgan fingerprint density at radius 2 is 1.90 bits per heavy atom. The fraction of sp³-hybridized carbons (Fsp3) is 0.200. The van der Waals surface area contributed by atoms with E-state index in [4.69, 9.17) is 10.1 Å². The summed E-state index contributed by atoms with van der Waals surface area (Å²) < 4.78 is 6.03. The highest BCUT2D eigenvalue weighted by Gasteiger charge is 2.42. The van der Waals surface area contributed by atoms with E-state index in [9.17, 15) is 5.26 Å². The normalized spacial score (nSPS) is 22.8. The van der Waals surface area contributed by atoms with Crippen LogP contribution in [0.5, 0.6) is 0 Å². The van der Waals surface area contributed by atoms with Gasteiger partial charge in [-0.15, -0.1) is 0 Å². The molecule has 1 aromatic carbocycles. The number of hydrogen-bond acceptors (Lipinski definition) is 6. The van der Waals surface area contributed by atoms with Gasteiger partial charge in [0.05, 0.1) is 6.07 Å². The maximum Gasteiger partial charge on any atom is 0.205 e. The molecule has 2 aliphatic rings. The summed E-state index contributed by atoms with van der Waals surface area (Å²) >= 11 is 3.29. The first-order chi connectivity index (χ1) is 15.2. The van der Waals surface area contributed by atoms with Crippen LogP contribution < -0.4 is 0 Å². The van der Waals surface area contributed by atoms with Gasteiger partial charge in [-0.3, -0.25) is 10.3 Å². The summed E-state index contributed by atoms with van der Waals surface area (Å²) in [5.74, 6) is 0.0674. The molecule has 0 saturated carbocycles. The predicted octanol–water partition coefficient (Wildman–Crippen LogP) is 5.89. The molecule has 0 fully saturated rings. The van der Waals surface area contributed by atoms with Crippen molar-refractivity contribution in [1.82, 2.24) is 4.90 Å². The molecule has 3 aromatic rings. The standard InChI is InChI=1S/C25H21N3OS2/c26-11-21-23(19-7-9-31-16-19)22-14-28(12-17-4-2-1-3-5-17)13-20(24(22)29-25(21)27)10-18-6-8-30-15-18/h1-10,15-16,21,23,27H,12-14H2/b20-10+,27-25?. The van der Waals surface area contributed by atoms with E-state index in [2.05, 4.69) is 69.6 Å². The largest absolute Gasteiger partial charge is 0.442 e. The summed E-state index contributed by atoms with van der Waals surface area (Å²) in [6.07, 6.45) is 2.16. The van der Waals surface area contributed by atoms with E-state index in [1.165, 1.54) is 5.56 Å². The number of ether oxygens (including phenoxy) is 1. The summed E-state index contributed by atoms with van der Waals surface area (Å²) in [4.78, 5) is 2.40. The second kappa shape index (κ2) is 8.64. The van der Waals surface area contributed by atoms with Gasteiger partial charge in [-0.2, -0.15) is 27.9 Å². The highest BCUT2D eigenvalue weighted by Crippen LogP contribution is 2.44. The Morgan fingerprint density at radius 3 is 2.61 bits per heavy atom. The van der Waals surface area contributed by atoms with Crippen molar-refractivity contribution >= 4 is 34.6 Å². The Hall–Kier alpha value is -2.98. The van der Waals surface area contributed by atoms with Gasteiger partial charge in [0.15, 0.2) is 0 Å².